The van der Waals surface area contributed by atoms with Crippen LogP contribution in [0.3, 0.4) is 0 Å². The molecule has 11 heteroatoms. The van der Waals surface area contributed by atoms with Crippen LogP contribution in [0.4, 0.5) is 10.9 Å². The van der Waals surface area contributed by atoms with E-state index in [-0.39, 0.29) is 31.4 Å². The number of aryl methyl sites for hydroxylation is 1. The fraction of sp³-hybridized carbons (Fsp3) is 0.263. The van der Waals surface area contributed by atoms with E-state index in [1.165, 1.54) is 21.8 Å². The average Bonchev–Trinajstić information content (AvgIpc) is 3.34. The number of hydrogen-bond acceptors (Lipinski definition) is 8. The van der Waals surface area contributed by atoms with Crippen LogP contribution in [0.25, 0.3) is 0 Å². The lowest BCUT2D eigenvalue weighted by Gasteiger charge is -2.19. The largest absolute Gasteiger partial charge is 0.462 e. The summed E-state index contributed by atoms with van der Waals surface area (Å²) in [7, 11) is 0. The summed E-state index contributed by atoms with van der Waals surface area (Å²) in [4.78, 5) is 41.6. The summed E-state index contributed by atoms with van der Waals surface area (Å²) in [5, 5.41) is 15.0. The van der Waals surface area contributed by atoms with Crippen molar-refractivity contribution in [3.05, 3.63) is 68.8 Å². The number of benzene rings is 1. The zero-order valence-electron chi connectivity index (χ0n) is 16.3. The number of thiazole rings is 1. The number of ether oxygens (including phenoxy) is 1. The molecule has 0 unspecified atom stereocenters. The van der Waals surface area contributed by atoms with E-state index < -0.39 is 10.9 Å². The van der Waals surface area contributed by atoms with Crippen LogP contribution < -0.4 is 4.90 Å². The van der Waals surface area contributed by atoms with Crippen LogP contribution in [-0.2, 0) is 22.6 Å². The summed E-state index contributed by atoms with van der Waals surface area (Å²) in [5.74, 6) is -1.21. The number of nitro groups is 1. The minimum Gasteiger partial charge on any atom is -0.462 e. The van der Waals surface area contributed by atoms with Crippen LogP contribution in [0.15, 0.2) is 42.6 Å². The second-order valence-corrected chi connectivity index (χ2v) is 7.20. The molecule has 0 saturated heterocycles. The van der Waals surface area contributed by atoms with Gasteiger partial charge < -0.3 is 14.9 Å². The molecule has 0 fully saturated rings. The van der Waals surface area contributed by atoms with Gasteiger partial charge in [0.2, 0.25) is 0 Å². The molecule has 0 aliphatic carbocycles. The Labute approximate surface area is 175 Å². The lowest BCUT2D eigenvalue weighted by Crippen LogP contribution is -2.33. The fourth-order valence-corrected chi connectivity index (χ4v) is 3.65. The minimum absolute atomic E-state index is 0.214. The first kappa shape index (κ1) is 21.1. The summed E-state index contributed by atoms with van der Waals surface area (Å²) in [6.07, 6.45) is 1.37. The van der Waals surface area contributed by atoms with Crippen LogP contribution in [0.5, 0.6) is 0 Å². The van der Waals surface area contributed by atoms with Crippen LogP contribution in [-0.4, -0.2) is 38.2 Å². The van der Waals surface area contributed by atoms with Crippen molar-refractivity contribution in [2.24, 2.45) is 0 Å². The molecule has 2 aromatic heterocycles. The quantitative estimate of drug-likeness (QED) is 0.307. The standard InChI is InChI=1S/C19H19N5O5S/c1-3-29-18(26)17-13(2)20-19(30-17)23(11-14-7-5-4-6-8-14)16(25)12-22-10-9-15(21-22)24(27)28/h4-10H,3,11-12H2,1-2H3. The van der Waals surface area contributed by atoms with E-state index in [9.17, 15) is 19.7 Å². The number of anilines is 1. The van der Waals surface area contributed by atoms with Gasteiger partial charge in [-0.05, 0) is 24.3 Å². The number of nitrogens with zero attached hydrogens (tertiary/aromatic N) is 5. The van der Waals surface area contributed by atoms with Gasteiger partial charge in [-0.25, -0.2) is 9.78 Å². The number of esters is 1. The predicted molar refractivity (Wildman–Crippen MR) is 109 cm³/mol. The molecular formula is C19H19N5O5S. The highest BCUT2D eigenvalue weighted by molar-refractivity contribution is 7.17. The molecule has 0 atom stereocenters. The number of rotatable bonds is 8. The molecule has 0 aliphatic rings. The summed E-state index contributed by atoms with van der Waals surface area (Å²) >= 11 is 1.07. The third-order valence-corrected chi connectivity index (χ3v) is 5.23. The number of amides is 1. The Bertz CT molecular complexity index is 1060. The number of carbonyl (C=O) groups is 2. The lowest BCUT2D eigenvalue weighted by molar-refractivity contribution is -0.389. The third kappa shape index (κ3) is 4.87. The van der Waals surface area contributed by atoms with Crippen molar-refractivity contribution < 1.29 is 19.2 Å². The Hall–Kier alpha value is -3.60. The first-order valence-corrected chi connectivity index (χ1v) is 9.87. The van der Waals surface area contributed by atoms with Crippen molar-refractivity contribution in [1.82, 2.24) is 14.8 Å². The normalized spacial score (nSPS) is 10.6. The molecular weight excluding hydrogens is 410 g/mol. The molecule has 0 aliphatic heterocycles. The first-order valence-electron chi connectivity index (χ1n) is 9.05. The highest BCUT2D eigenvalue weighted by atomic mass is 32.1. The lowest BCUT2D eigenvalue weighted by atomic mass is 10.2. The van der Waals surface area contributed by atoms with Gasteiger partial charge in [0.1, 0.15) is 11.4 Å². The molecule has 0 N–H and O–H groups in total. The van der Waals surface area contributed by atoms with Crippen LogP contribution in [0, 0.1) is 17.0 Å². The van der Waals surface area contributed by atoms with E-state index in [1.807, 2.05) is 30.3 Å². The van der Waals surface area contributed by atoms with Crippen molar-refractivity contribution in [2.45, 2.75) is 26.9 Å². The Morgan fingerprint density at radius 1 is 1.27 bits per heavy atom. The smallest absolute Gasteiger partial charge is 0.389 e. The topological polar surface area (TPSA) is 120 Å². The molecule has 0 radical (unpaired) electrons. The highest BCUT2D eigenvalue weighted by Gasteiger charge is 2.25. The maximum Gasteiger partial charge on any atom is 0.389 e. The zero-order valence-corrected chi connectivity index (χ0v) is 17.2. The number of carbonyl (C=O) groups excluding carboxylic acids is 2. The summed E-state index contributed by atoms with van der Waals surface area (Å²) in [6, 6.07) is 10.5. The van der Waals surface area contributed by atoms with Gasteiger partial charge in [-0.3, -0.25) is 9.69 Å². The van der Waals surface area contributed by atoms with Gasteiger partial charge in [-0.1, -0.05) is 41.7 Å². The Morgan fingerprint density at radius 3 is 2.63 bits per heavy atom. The molecule has 0 bridgehead atoms. The first-order chi connectivity index (χ1) is 14.4. The molecule has 0 spiro atoms. The monoisotopic (exact) mass is 429 g/mol. The van der Waals surface area contributed by atoms with E-state index >= 15 is 0 Å². The Kier molecular flexibility index (Phi) is 6.52. The van der Waals surface area contributed by atoms with Gasteiger partial charge in [0, 0.05) is 0 Å². The molecule has 0 saturated carbocycles. The van der Waals surface area contributed by atoms with E-state index in [2.05, 4.69) is 10.1 Å². The van der Waals surface area contributed by atoms with Gasteiger partial charge in [-0.15, -0.1) is 0 Å². The minimum atomic E-state index is -0.626. The van der Waals surface area contributed by atoms with E-state index in [0.29, 0.717) is 15.7 Å². The second kappa shape index (κ2) is 9.27. The van der Waals surface area contributed by atoms with Gasteiger partial charge in [0.15, 0.2) is 5.13 Å². The molecule has 30 heavy (non-hydrogen) atoms. The fourth-order valence-electron chi connectivity index (χ4n) is 2.67. The molecule has 1 aromatic carbocycles. The van der Waals surface area contributed by atoms with Gasteiger partial charge >= 0.3 is 11.8 Å². The maximum absolute atomic E-state index is 13.1. The number of aromatic nitrogens is 3. The molecule has 10 nitrogen and oxygen atoms in total. The van der Waals surface area contributed by atoms with Crippen molar-refractivity contribution in [1.29, 1.82) is 0 Å². The SMILES string of the molecule is CCOC(=O)c1sc(N(Cc2ccccc2)C(=O)Cn2ccc([N+](=O)[O-])n2)nc1C. The number of hydrogen-bond donors (Lipinski definition) is 0. The average molecular weight is 429 g/mol. The zero-order chi connectivity index (χ0) is 21.7. The van der Waals surface area contributed by atoms with Gasteiger partial charge in [0.25, 0.3) is 5.91 Å². The molecule has 3 aromatic rings. The molecule has 1 amide bonds. The molecule has 3 rings (SSSR count). The van der Waals surface area contributed by atoms with Crippen molar-refractivity contribution >= 4 is 34.2 Å². The van der Waals surface area contributed by atoms with Crippen LogP contribution in [0.1, 0.15) is 27.9 Å². The van der Waals surface area contributed by atoms with Crippen molar-refractivity contribution in [3.8, 4) is 0 Å². The Balaban J connectivity index is 1.90. The van der Waals surface area contributed by atoms with Crippen molar-refractivity contribution in [2.75, 3.05) is 11.5 Å². The van der Waals surface area contributed by atoms with E-state index in [0.717, 1.165) is 16.9 Å². The summed E-state index contributed by atoms with van der Waals surface area (Å²) in [5.41, 5.74) is 1.33. The van der Waals surface area contributed by atoms with Gasteiger partial charge in [-0.2, -0.15) is 4.68 Å². The van der Waals surface area contributed by atoms with Crippen LogP contribution >= 0.6 is 11.3 Å². The summed E-state index contributed by atoms with van der Waals surface area (Å²) in [6.45, 7) is 3.63. The van der Waals surface area contributed by atoms with Crippen molar-refractivity contribution in [3.63, 3.8) is 0 Å². The predicted octanol–water partition coefficient (Wildman–Crippen LogP) is 2.97. The Morgan fingerprint density at radius 2 is 2.00 bits per heavy atom. The summed E-state index contributed by atoms with van der Waals surface area (Å²) < 4.78 is 6.25. The second-order valence-electron chi connectivity index (χ2n) is 6.23. The van der Waals surface area contributed by atoms with E-state index in [4.69, 9.17) is 4.74 Å². The highest BCUT2D eigenvalue weighted by Crippen LogP contribution is 2.28. The molecule has 156 valence electrons. The van der Waals surface area contributed by atoms with Gasteiger partial charge in [0.05, 0.1) is 36.2 Å². The third-order valence-electron chi connectivity index (χ3n) is 4.07. The molecule has 2 heterocycles. The van der Waals surface area contributed by atoms with E-state index in [1.54, 1.807) is 13.8 Å². The maximum atomic E-state index is 13.1. The van der Waals surface area contributed by atoms with Crippen LogP contribution in [0.2, 0.25) is 0 Å².